The van der Waals surface area contributed by atoms with E-state index >= 15 is 0 Å². The molecule has 0 spiro atoms. The first kappa shape index (κ1) is 22.6. The Morgan fingerprint density at radius 3 is 2.68 bits per heavy atom. The van der Waals surface area contributed by atoms with Crippen LogP contribution in [0.2, 0.25) is 5.02 Å². The van der Waals surface area contributed by atoms with E-state index in [1.54, 1.807) is 11.3 Å². The van der Waals surface area contributed by atoms with Crippen molar-refractivity contribution in [2.24, 2.45) is 4.99 Å². The minimum Gasteiger partial charge on any atom is -0.357 e. The van der Waals surface area contributed by atoms with Crippen LogP contribution in [0.3, 0.4) is 0 Å². The zero-order valence-corrected chi connectivity index (χ0v) is 19.8. The van der Waals surface area contributed by atoms with Crippen LogP contribution in [-0.4, -0.2) is 33.8 Å². The minimum absolute atomic E-state index is 0. The van der Waals surface area contributed by atoms with Crippen LogP contribution in [-0.2, 0) is 13.0 Å². The Morgan fingerprint density at radius 2 is 2.00 bits per heavy atom. The average Bonchev–Trinajstić information content (AvgIpc) is 3.29. The number of aryl methyl sites for hydroxylation is 1. The average molecular weight is 531 g/mol. The van der Waals surface area contributed by atoms with Gasteiger partial charge in [0.25, 0.3) is 0 Å². The monoisotopic (exact) mass is 530 g/mol. The third kappa shape index (κ3) is 6.75. The molecule has 0 atom stereocenters. The summed E-state index contributed by atoms with van der Waals surface area (Å²) in [5.41, 5.74) is 2.01. The molecular formula is C19H24ClIN6S. The molecule has 3 aromatic rings. The highest BCUT2D eigenvalue weighted by atomic mass is 127. The number of halogens is 2. The molecule has 2 heterocycles. The Morgan fingerprint density at radius 1 is 1.21 bits per heavy atom. The lowest BCUT2D eigenvalue weighted by atomic mass is 10.3. The first-order valence-electron chi connectivity index (χ1n) is 8.87. The van der Waals surface area contributed by atoms with E-state index in [1.165, 1.54) is 4.88 Å². The standard InChI is InChI=1S/C19H23ClN6S.HI/c1-3-21-19(22-9-8-18-23-10-14(2)27-18)24-11-15-12-25-26(13-15)17-6-4-16(20)5-7-17;/h4-7,10,12-13H,3,8-9,11H2,1-2H3,(H2,21,22,24);1H. The lowest BCUT2D eigenvalue weighted by molar-refractivity contribution is 0.796. The Hall–Kier alpha value is -1.65. The number of guanidine groups is 1. The quantitative estimate of drug-likeness (QED) is 0.273. The molecule has 0 aliphatic heterocycles. The third-order valence-electron chi connectivity index (χ3n) is 3.79. The fraction of sp³-hybridized carbons (Fsp3) is 0.316. The Labute approximate surface area is 191 Å². The van der Waals surface area contributed by atoms with Crippen molar-refractivity contribution in [1.29, 1.82) is 0 Å². The third-order valence-corrected chi connectivity index (χ3v) is 5.02. The van der Waals surface area contributed by atoms with Gasteiger partial charge in [0.2, 0.25) is 0 Å². The van der Waals surface area contributed by atoms with Gasteiger partial charge in [-0.05, 0) is 38.1 Å². The molecule has 0 amide bonds. The summed E-state index contributed by atoms with van der Waals surface area (Å²) >= 11 is 7.67. The molecule has 0 unspecified atom stereocenters. The number of thiazole rings is 1. The fourth-order valence-electron chi connectivity index (χ4n) is 2.49. The van der Waals surface area contributed by atoms with E-state index in [2.05, 4.69) is 39.6 Å². The van der Waals surface area contributed by atoms with Crippen LogP contribution in [0.25, 0.3) is 5.69 Å². The normalized spacial score (nSPS) is 11.2. The van der Waals surface area contributed by atoms with Gasteiger partial charge in [0.1, 0.15) is 0 Å². The molecule has 0 radical (unpaired) electrons. The van der Waals surface area contributed by atoms with Crippen LogP contribution in [0, 0.1) is 6.92 Å². The lowest BCUT2D eigenvalue weighted by Crippen LogP contribution is -2.38. The van der Waals surface area contributed by atoms with E-state index in [0.29, 0.717) is 11.6 Å². The van der Waals surface area contributed by atoms with Gasteiger partial charge in [-0.15, -0.1) is 35.3 Å². The van der Waals surface area contributed by atoms with Crippen LogP contribution < -0.4 is 10.6 Å². The molecule has 150 valence electrons. The maximum atomic E-state index is 5.94. The molecule has 3 rings (SSSR count). The predicted molar refractivity (Wildman–Crippen MR) is 127 cm³/mol. The molecule has 28 heavy (non-hydrogen) atoms. The second kappa shape index (κ2) is 11.4. The van der Waals surface area contributed by atoms with Crippen molar-refractivity contribution in [2.45, 2.75) is 26.8 Å². The van der Waals surface area contributed by atoms with Crippen LogP contribution in [0.15, 0.2) is 47.8 Å². The Balaban J connectivity index is 0.00000280. The van der Waals surface area contributed by atoms with Gasteiger partial charge < -0.3 is 10.6 Å². The van der Waals surface area contributed by atoms with Crippen LogP contribution in [0.5, 0.6) is 0 Å². The lowest BCUT2D eigenvalue weighted by Gasteiger charge is -2.10. The van der Waals surface area contributed by atoms with Crippen LogP contribution in [0.4, 0.5) is 0 Å². The molecule has 0 fully saturated rings. The molecule has 6 nitrogen and oxygen atoms in total. The molecule has 0 aliphatic rings. The zero-order chi connectivity index (χ0) is 19.1. The van der Waals surface area contributed by atoms with E-state index in [4.69, 9.17) is 11.6 Å². The molecular weight excluding hydrogens is 507 g/mol. The zero-order valence-electron chi connectivity index (χ0n) is 15.9. The van der Waals surface area contributed by atoms with E-state index < -0.39 is 0 Å². The highest BCUT2D eigenvalue weighted by Crippen LogP contribution is 2.14. The van der Waals surface area contributed by atoms with E-state index in [1.807, 2.05) is 47.5 Å². The van der Waals surface area contributed by atoms with E-state index in [-0.39, 0.29) is 24.0 Å². The number of rotatable bonds is 7. The first-order valence-corrected chi connectivity index (χ1v) is 10.1. The predicted octanol–water partition coefficient (Wildman–Crippen LogP) is 4.21. The fourth-order valence-corrected chi connectivity index (χ4v) is 3.41. The van der Waals surface area contributed by atoms with Gasteiger partial charge in [-0.1, -0.05) is 11.6 Å². The smallest absolute Gasteiger partial charge is 0.191 e. The summed E-state index contributed by atoms with van der Waals surface area (Å²) in [6.45, 7) is 6.29. The molecule has 0 saturated carbocycles. The summed E-state index contributed by atoms with van der Waals surface area (Å²) in [6.07, 6.45) is 6.61. The number of aliphatic imine (C=N–C) groups is 1. The number of nitrogens with one attached hydrogen (secondary N) is 2. The van der Waals surface area contributed by atoms with Crippen molar-refractivity contribution in [2.75, 3.05) is 13.1 Å². The van der Waals surface area contributed by atoms with Gasteiger partial charge in [0.05, 0.1) is 23.4 Å². The number of aromatic nitrogens is 3. The van der Waals surface area contributed by atoms with Gasteiger partial charge in [-0.25, -0.2) is 14.7 Å². The van der Waals surface area contributed by atoms with Crippen molar-refractivity contribution in [3.63, 3.8) is 0 Å². The SMILES string of the molecule is CCNC(=NCc1cnn(-c2ccc(Cl)cc2)c1)NCCc1ncc(C)s1.I. The summed E-state index contributed by atoms with van der Waals surface area (Å²) < 4.78 is 1.83. The van der Waals surface area contributed by atoms with Gasteiger partial charge >= 0.3 is 0 Å². The van der Waals surface area contributed by atoms with Crippen LogP contribution >= 0.6 is 46.9 Å². The summed E-state index contributed by atoms with van der Waals surface area (Å²) in [6, 6.07) is 7.59. The molecule has 0 aliphatic carbocycles. The Bertz CT molecular complexity index is 890. The number of hydrogen-bond donors (Lipinski definition) is 2. The van der Waals surface area contributed by atoms with Crippen molar-refractivity contribution in [1.82, 2.24) is 25.4 Å². The largest absolute Gasteiger partial charge is 0.357 e. The number of nitrogens with zero attached hydrogens (tertiary/aromatic N) is 4. The number of benzene rings is 1. The van der Waals surface area contributed by atoms with Gasteiger partial charge in [-0.2, -0.15) is 5.10 Å². The summed E-state index contributed by atoms with van der Waals surface area (Å²) in [4.78, 5) is 10.3. The maximum absolute atomic E-state index is 5.94. The molecule has 9 heteroatoms. The second-order valence-electron chi connectivity index (χ2n) is 6.01. The van der Waals surface area contributed by atoms with Gasteiger partial charge in [-0.3, -0.25) is 0 Å². The maximum Gasteiger partial charge on any atom is 0.191 e. The van der Waals surface area contributed by atoms with Crippen LogP contribution in [0.1, 0.15) is 22.4 Å². The molecule has 2 N–H and O–H groups in total. The van der Waals surface area contributed by atoms with Crippen molar-refractivity contribution < 1.29 is 0 Å². The van der Waals surface area contributed by atoms with Gasteiger partial charge in [0.15, 0.2) is 5.96 Å². The molecule has 2 aromatic heterocycles. The summed E-state index contributed by atoms with van der Waals surface area (Å²) in [5.74, 6) is 0.796. The van der Waals surface area contributed by atoms with Gasteiger partial charge in [0, 0.05) is 47.4 Å². The van der Waals surface area contributed by atoms with E-state index in [9.17, 15) is 0 Å². The summed E-state index contributed by atoms with van der Waals surface area (Å²) in [7, 11) is 0. The first-order chi connectivity index (χ1) is 13.1. The second-order valence-corrected chi connectivity index (χ2v) is 7.76. The summed E-state index contributed by atoms with van der Waals surface area (Å²) in [5, 5.41) is 12.9. The highest BCUT2D eigenvalue weighted by Gasteiger charge is 2.03. The van der Waals surface area contributed by atoms with Crippen molar-refractivity contribution >= 4 is 52.9 Å². The minimum atomic E-state index is 0. The highest BCUT2D eigenvalue weighted by molar-refractivity contribution is 14.0. The van der Waals surface area contributed by atoms with E-state index in [0.717, 1.165) is 41.7 Å². The topological polar surface area (TPSA) is 67.1 Å². The number of hydrogen-bond acceptors (Lipinski definition) is 4. The molecule has 1 aromatic carbocycles. The molecule has 0 bridgehead atoms. The molecule has 0 saturated heterocycles. The Kier molecular flexibility index (Phi) is 9.20. The van der Waals surface area contributed by atoms with Crippen molar-refractivity contribution in [3.05, 3.63) is 63.3 Å². The van der Waals surface area contributed by atoms with Crippen molar-refractivity contribution in [3.8, 4) is 5.69 Å².